The second-order valence-corrected chi connectivity index (χ2v) is 8.24. The zero-order chi connectivity index (χ0) is 20.1. The summed E-state index contributed by atoms with van der Waals surface area (Å²) in [4.78, 5) is 12.3. The van der Waals surface area contributed by atoms with Crippen LogP contribution in [0.4, 0.5) is 10.1 Å². The molecular weight excluding hydrogens is 385 g/mol. The van der Waals surface area contributed by atoms with Gasteiger partial charge in [-0.05, 0) is 48.9 Å². The third kappa shape index (κ3) is 4.86. The highest BCUT2D eigenvalue weighted by Crippen LogP contribution is 2.20. The highest BCUT2D eigenvalue weighted by atomic mass is 32.2. The third-order valence-corrected chi connectivity index (χ3v) is 6.22. The minimum absolute atomic E-state index is 0.139. The molecule has 0 unspecified atom stereocenters. The van der Waals surface area contributed by atoms with E-state index in [2.05, 4.69) is 5.32 Å². The zero-order valence-corrected chi connectivity index (χ0v) is 16.3. The van der Waals surface area contributed by atoms with E-state index in [0.29, 0.717) is 23.6 Å². The Morgan fingerprint density at radius 1 is 1.07 bits per heavy atom. The number of hydrogen-bond donors (Lipinski definition) is 1. The number of carbonyl (C=O) groups excluding carboxylic acids is 1. The Hall–Kier alpha value is -2.49. The molecule has 0 saturated carbocycles. The summed E-state index contributed by atoms with van der Waals surface area (Å²) >= 11 is 0. The summed E-state index contributed by atoms with van der Waals surface area (Å²) < 4.78 is 46.1. The smallest absolute Gasteiger partial charge is 0.282 e. The maximum Gasteiger partial charge on any atom is 0.282 e. The normalized spacial score (nSPS) is 16.8. The van der Waals surface area contributed by atoms with Crippen LogP contribution < -0.4 is 10.1 Å². The molecule has 3 rings (SSSR count). The Morgan fingerprint density at radius 3 is 2.36 bits per heavy atom. The quantitative estimate of drug-likeness (QED) is 0.763. The van der Waals surface area contributed by atoms with Crippen LogP contribution in [-0.4, -0.2) is 49.2 Å². The van der Waals surface area contributed by atoms with E-state index < -0.39 is 16.1 Å². The number of nitrogens with one attached hydrogen (secondary N) is 1. The Bertz CT molecular complexity index is 917. The van der Waals surface area contributed by atoms with E-state index in [-0.39, 0.29) is 32.0 Å². The van der Waals surface area contributed by atoms with E-state index >= 15 is 0 Å². The summed E-state index contributed by atoms with van der Waals surface area (Å²) in [7, 11) is -3.75. The fourth-order valence-electron chi connectivity index (χ4n) is 2.89. The van der Waals surface area contributed by atoms with Gasteiger partial charge in [-0.25, -0.2) is 4.39 Å². The van der Waals surface area contributed by atoms with Gasteiger partial charge >= 0.3 is 0 Å². The van der Waals surface area contributed by atoms with Crippen molar-refractivity contribution in [2.75, 3.05) is 31.6 Å². The molecule has 150 valence electrons. The van der Waals surface area contributed by atoms with Gasteiger partial charge in [0.1, 0.15) is 11.6 Å². The van der Waals surface area contributed by atoms with Crippen LogP contribution in [0.15, 0.2) is 48.5 Å². The van der Waals surface area contributed by atoms with Crippen LogP contribution in [0.1, 0.15) is 12.5 Å². The number of halogens is 1. The SMILES string of the molecule is CCOc1ccc(NC(=O)CN2CCN(Cc3ccc(F)cc3)S2(=O)=O)cc1. The second-order valence-electron chi connectivity index (χ2n) is 6.31. The molecule has 1 saturated heterocycles. The lowest BCUT2D eigenvalue weighted by Crippen LogP contribution is -2.37. The van der Waals surface area contributed by atoms with Gasteiger partial charge in [0.2, 0.25) is 5.91 Å². The molecule has 1 fully saturated rings. The molecule has 2 aromatic rings. The predicted molar refractivity (Wildman–Crippen MR) is 104 cm³/mol. The number of rotatable bonds is 7. The highest BCUT2D eigenvalue weighted by Gasteiger charge is 2.37. The van der Waals surface area contributed by atoms with Crippen molar-refractivity contribution in [3.05, 3.63) is 59.9 Å². The number of ether oxygens (including phenoxy) is 1. The standard InChI is InChI=1S/C19H22FN3O4S/c1-2-27-18-9-7-17(8-10-18)21-19(24)14-23-12-11-22(28(23,25)26)13-15-3-5-16(20)6-4-15/h3-10H,2,11-14H2,1H3,(H,21,24). The molecule has 1 amide bonds. The van der Waals surface area contributed by atoms with Crippen molar-refractivity contribution in [3.8, 4) is 5.75 Å². The van der Waals surface area contributed by atoms with E-state index in [1.54, 1.807) is 36.4 Å². The van der Waals surface area contributed by atoms with Crippen LogP contribution in [0.25, 0.3) is 0 Å². The van der Waals surface area contributed by atoms with Crippen molar-refractivity contribution < 1.29 is 22.3 Å². The number of amides is 1. The first kappa shape index (κ1) is 20.2. The average Bonchev–Trinajstić information content (AvgIpc) is 2.93. The summed E-state index contributed by atoms with van der Waals surface area (Å²) in [5.41, 5.74) is 1.25. The van der Waals surface area contributed by atoms with Gasteiger partial charge in [0, 0.05) is 25.3 Å². The monoisotopic (exact) mass is 407 g/mol. The van der Waals surface area contributed by atoms with E-state index in [9.17, 15) is 17.6 Å². The van der Waals surface area contributed by atoms with Crippen LogP contribution in [0.2, 0.25) is 0 Å². The van der Waals surface area contributed by atoms with Crippen LogP contribution in [-0.2, 0) is 21.5 Å². The topological polar surface area (TPSA) is 79.0 Å². The molecule has 1 N–H and O–H groups in total. The van der Waals surface area contributed by atoms with Gasteiger partial charge in [0.15, 0.2) is 0 Å². The Kier molecular flexibility index (Phi) is 6.28. The molecule has 9 heteroatoms. The number of anilines is 1. The van der Waals surface area contributed by atoms with Crippen molar-refractivity contribution in [2.45, 2.75) is 13.5 Å². The molecule has 1 heterocycles. The molecule has 0 aromatic heterocycles. The van der Waals surface area contributed by atoms with Crippen molar-refractivity contribution >= 4 is 21.8 Å². The fourth-order valence-corrected chi connectivity index (χ4v) is 4.44. The van der Waals surface area contributed by atoms with E-state index in [4.69, 9.17) is 4.74 Å². The van der Waals surface area contributed by atoms with Gasteiger partial charge in [-0.3, -0.25) is 4.79 Å². The molecule has 7 nitrogen and oxygen atoms in total. The van der Waals surface area contributed by atoms with E-state index in [1.165, 1.54) is 16.4 Å². The Labute approximate surface area is 163 Å². The maximum absolute atomic E-state index is 13.0. The van der Waals surface area contributed by atoms with E-state index in [0.717, 1.165) is 4.31 Å². The first-order valence-corrected chi connectivity index (χ1v) is 10.3. The lowest BCUT2D eigenvalue weighted by atomic mass is 10.2. The van der Waals surface area contributed by atoms with Crippen molar-refractivity contribution in [2.24, 2.45) is 0 Å². The average molecular weight is 407 g/mol. The summed E-state index contributed by atoms with van der Waals surface area (Å²) in [6.45, 7) is 2.80. The van der Waals surface area contributed by atoms with Gasteiger partial charge in [-0.2, -0.15) is 17.0 Å². The van der Waals surface area contributed by atoms with Crippen molar-refractivity contribution in [1.29, 1.82) is 0 Å². The second kappa shape index (κ2) is 8.68. The lowest BCUT2D eigenvalue weighted by molar-refractivity contribution is -0.116. The number of benzene rings is 2. The summed E-state index contributed by atoms with van der Waals surface area (Å²) in [6, 6.07) is 12.5. The third-order valence-electron chi connectivity index (χ3n) is 4.29. The number of hydrogen-bond acceptors (Lipinski definition) is 4. The molecule has 0 radical (unpaired) electrons. The van der Waals surface area contributed by atoms with Crippen LogP contribution in [0.5, 0.6) is 5.75 Å². The first-order chi connectivity index (χ1) is 13.4. The number of carbonyl (C=O) groups is 1. The van der Waals surface area contributed by atoms with Crippen LogP contribution in [0.3, 0.4) is 0 Å². The van der Waals surface area contributed by atoms with Crippen LogP contribution >= 0.6 is 0 Å². The Balaban J connectivity index is 1.58. The van der Waals surface area contributed by atoms with Crippen molar-refractivity contribution in [1.82, 2.24) is 8.61 Å². The molecular formula is C19H22FN3O4S. The first-order valence-electron chi connectivity index (χ1n) is 8.91. The summed E-state index contributed by atoms with van der Waals surface area (Å²) in [5, 5.41) is 2.69. The summed E-state index contributed by atoms with van der Waals surface area (Å²) in [6.07, 6.45) is 0. The summed E-state index contributed by atoms with van der Waals surface area (Å²) in [5.74, 6) is -0.101. The largest absolute Gasteiger partial charge is 0.494 e. The highest BCUT2D eigenvalue weighted by molar-refractivity contribution is 7.87. The van der Waals surface area contributed by atoms with Gasteiger partial charge in [-0.15, -0.1) is 0 Å². The molecule has 28 heavy (non-hydrogen) atoms. The molecule has 1 aliphatic heterocycles. The van der Waals surface area contributed by atoms with Gasteiger partial charge in [0.05, 0.1) is 13.2 Å². The van der Waals surface area contributed by atoms with Crippen molar-refractivity contribution in [3.63, 3.8) is 0 Å². The molecule has 2 aromatic carbocycles. The fraction of sp³-hybridized carbons (Fsp3) is 0.316. The minimum atomic E-state index is -3.75. The van der Waals surface area contributed by atoms with E-state index in [1.807, 2.05) is 6.92 Å². The molecule has 0 atom stereocenters. The van der Waals surface area contributed by atoms with Crippen LogP contribution in [0, 0.1) is 5.82 Å². The number of nitrogens with zero attached hydrogens (tertiary/aromatic N) is 2. The molecule has 0 aliphatic carbocycles. The molecule has 0 bridgehead atoms. The predicted octanol–water partition coefficient (Wildman–Crippen LogP) is 2.23. The maximum atomic E-state index is 13.0. The zero-order valence-electron chi connectivity index (χ0n) is 15.5. The van der Waals surface area contributed by atoms with Gasteiger partial charge in [0.25, 0.3) is 10.2 Å². The van der Waals surface area contributed by atoms with Gasteiger partial charge in [-0.1, -0.05) is 12.1 Å². The molecule has 1 aliphatic rings. The van der Waals surface area contributed by atoms with Gasteiger partial charge < -0.3 is 10.1 Å². The Morgan fingerprint density at radius 2 is 1.71 bits per heavy atom. The minimum Gasteiger partial charge on any atom is -0.494 e. The lowest BCUT2D eigenvalue weighted by Gasteiger charge is -2.18. The molecule has 0 spiro atoms.